The summed E-state index contributed by atoms with van der Waals surface area (Å²) in [5, 5.41) is 18.2. The van der Waals surface area contributed by atoms with Gasteiger partial charge in [-0.2, -0.15) is 0 Å². The highest BCUT2D eigenvalue weighted by atomic mass is 19.4. The van der Waals surface area contributed by atoms with Gasteiger partial charge in [-0.3, -0.25) is 0 Å². The minimum atomic E-state index is -4.92. The van der Waals surface area contributed by atoms with Crippen molar-refractivity contribution in [3.05, 3.63) is 53.8 Å². The SMILES string of the molecule is O=C(O)C(O)c1cc(-c2ccccc2OC(F)(F)F)ccc1F. The summed E-state index contributed by atoms with van der Waals surface area (Å²) in [6, 6.07) is 8.11. The number of aliphatic hydroxyl groups is 1. The Morgan fingerprint density at radius 2 is 1.78 bits per heavy atom. The normalized spacial score (nSPS) is 12.7. The maximum atomic E-state index is 13.6. The van der Waals surface area contributed by atoms with Gasteiger partial charge in [-0.15, -0.1) is 13.2 Å². The lowest BCUT2D eigenvalue weighted by Crippen LogP contribution is -2.17. The second kappa shape index (κ2) is 6.25. The zero-order valence-electron chi connectivity index (χ0n) is 11.3. The smallest absolute Gasteiger partial charge is 0.479 e. The Morgan fingerprint density at radius 1 is 1.13 bits per heavy atom. The predicted molar refractivity (Wildman–Crippen MR) is 71.1 cm³/mol. The van der Waals surface area contributed by atoms with Crippen molar-refractivity contribution in [2.24, 2.45) is 0 Å². The molecule has 0 aliphatic carbocycles. The second-order valence-electron chi connectivity index (χ2n) is 4.52. The lowest BCUT2D eigenvalue weighted by molar-refractivity contribution is -0.274. The van der Waals surface area contributed by atoms with Crippen molar-refractivity contribution in [3.63, 3.8) is 0 Å². The molecule has 0 spiro atoms. The monoisotopic (exact) mass is 330 g/mol. The van der Waals surface area contributed by atoms with Crippen molar-refractivity contribution >= 4 is 5.97 Å². The van der Waals surface area contributed by atoms with Crippen LogP contribution in [-0.2, 0) is 4.79 Å². The van der Waals surface area contributed by atoms with E-state index >= 15 is 0 Å². The molecule has 8 heteroatoms. The van der Waals surface area contributed by atoms with Gasteiger partial charge < -0.3 is 14.9 Å². The Kier molecular flexibility index (Phi) is 4.55. The Hall–Kier alpha value is -2.61. The molecular formula is C15H10F4O4. The molecule has 0 amide bonds. The molecule has 23 heavy (non-hydrogen) atoms. The van der Waals surface area contributed by atoms with Gasteiger partial charge in [0.1, 0.15) is 11.6 Å². The van der Waals surface area contributed by atoms with E-state index in [0.29, 0.717) is 0 Å². The molecule has 1 unspecified atom stereocenters. The van der Waals surface area contributed by atoms with Crippen LogP contribution in [0.4, 0.5) is 17.6 Å². The molecule has 1 atom stereocenters. The molecule has 0 fully saturated rings. The first kappa shape index (κ1) is 16.8. The van der Waals surface area contributed by atoms with E-state index in [-0.39, 0.29) is 11.1 Å². The van der Waals surface area contributed by atoms with Crippen LogP contribution in [0.2, 0.25) is 0 Å². The number of alkyl halides is 3. The lowest BCUT2D eigenvalue weighted by atomic mass is 9.99. The summed E-state index contributed by atoms with van der Waals surface area (Å²) in [6.07, 6.45) is -7.05. The van der Waals surface area contributed by atoms with Gasteiger partial charge in [0.15, 0.2) is 6.10 Å². The number of carboxylic acids is 1. The molecule has 2 N–H and O–H groups in total. The summed E-state index contributed by atoms with van der Waals surface area (Å²) in [7, 11) is 0. The van der Waals surface area contributed by atoms with Crippen molar-refractivity contribution in [2.45, 2.75) is 12.5 Å². The van der Waals surface area contributed by atoms with Crippen LogP contribution in [0.5, 0.6) is 5.75 Å². The molecular weight excluding hydrogens is 320 g/mol. The van der Waals surface area contributed by atoms with Gasteiger partial charge in [0, 0.05) is 11.1 Å². The number of aliphatic carboxylic acids is 1. The minimum absolute atomic E-state index is 0.0244. The van der Waals surface area contributed by atoms with Gasteiger partial charge in [-0.05, 0) is 23.8 Å². The quantitative estimate of drug-likeness (QED) is 0.842. The molecule has 2 aromatic carbocycles. The van der Waals surface area contributed by atoms with Crippen LogP contribution >= 0.6 is 0 Å². The highest BCUT2D eigenvalue weighted by Gasteiger charge is 2.32. The first-order valence-corrected chi connectivity index (χ1v) is 6.24. The molecule has 2 aromatic rings. The molecule has 0 aliphatic heterocycles. The van der Waals surface area contributed by atoms with Gasteiger partial charge in [-0.25, -0.2) is 9.18 Å². The van der Waals surface area contributed by atoms with Crippen LogP contribution in [0.15, 0.2) is 42.5 Å². The van der Waals surface area contributed by atoms with Crippen LogP contribution in [0.25, 0.3) is 11.1 Å². The molecule has 122 valence electrons. The highest BCUT2D eigenvalue weighted by Crippen LogP contribution is 2.35. The molecule has 0 aliphatic rings. The van der Waals surface area contributed by atoms with E-state index in [1.807, 2.05) is 0 Å². The third-order valence-electron chi connectivity index (χ3n) is 2.95. The third kappa shape index (κ3) is 3.98. The fourth-order valence-corrected chi connectivity index (χ4v) is 1.97. The number of rotatable bonds is 4. The second-order valence-corrected chi connectivity index (χ2v) is 4.52. The van der Waals surface area contributed by atoms with Crippen LogP contribution < -0.4 is 4.74 Å². The van der Waals surface area contributed by atoms with Crippen LogP contribution in [0.1, 0.15) is 11.7 Å². The number of para-hydroxylation sites is 1. The number of carbonyl (C=O) groups is 1. The van der Waals surface area contributed by atoms with E-state index in [1.165, 1.54) is 18.2 Å². The average molecular weight is 330 g/mol. The van der Waals surface area contributed by atoms with Crippen molar-refractivity contribution in [1.82, 2.24) is 0 Å². The number of aliphatic hydroxyl groups excluding tert-OH is 1. The van der Waals surface area contributed by atoms with Crippen molar-refractivity contribution in [1.29, 1.82) is 0 Å². The Morgan fingerprint density at radius 3 is 2.39 bits per heavy atom. The van der Waals surface area contributed by atoms with Crippen molar-refractivity contribution in [2.75, 3.05) is 0 Å². The molecule has 0 radical (unpaired) electrons. The highest BCUT2D eigenvalue weighted by molar-refractivity contribution is 5.76. The predicted octanol–water partition coefficient (Wildman–Crippen LogP) is 3.51. The van der Waals surface area contributed by atoms with Gasteiger partial charge in [0.05, 0.1) is 0 Å². The maximum Gasteiger partial charge on any atom is 0.573 e. The zero-order valence-corrected chi connectivity index (χ0v) is 11.3. The molecule has 0 saturated heterocycles. The van der Waals surface area contributed by atoms with E-state index in [1.54, 1.807) is 0 Å². The van der Waals surface area contributed by atoms with Crippen molar-refractivity contribution in [3.8, 4) is 16.9 Å². The summed E-state index contributed by atoms with van der Waals surface area (Å²) in [5.74, 6) is -3.19. The summed E-state index contributed by atoms with van der Waals surface area (Å²) >= 11 is 0. The Labute approximate surface area is 127 Å². The lowest BCUT2D eigenvalue weighted by Gasteiger charge is -2.15. The van der Waals surface area contributed by atoms with Gasteiger partial charge in [0.25, 0.3) is 0 Å². The number of hydrogen-bond donors (Lipinski definition) is 2. The average Bonchev–Trinajstić information content (AvgIpc) is 2.46. The first-order chi connectivity index (χ1) is 10.7. The largest absolute Gasteiger partial charge is 0.573 e. The number of benzene rings is 2. The third-order valence-corrected chi connectivity index (χ3v) is 2.95. The van der Waals surface area contributed by atoms with Gasteiger partial charge >= 0.3 is 12.3 Å². The van der Waals surface area contributed by atoms with Gasteiger partial charge in [-0.1, -0.05) is 24.3 Å². The Balaban J connectivity index is 2.51. The van der Waals surface area contributed by atoms with E-state index in [4.69, 9.17) is 5.11 Å². The van der Waals surface area contributed by atoms with E-state index in [0.717, 1.165) is 24.3 Å². The molecule has 4 nitrogen and oxygen atoms in total. The summed E-state index contributed by atoms with van der Waals surface area (Å²) in [6.45, 7) is 0. The standard InChI is InChI=1S/C15H10F4O4/c16-11-6-5-8(7-10(11)13(20)14(21)22)9-3-1-2-4-12(9)23-15(17,18)19/h1-7,13,20H,(H,21,22). The van der Waals surface area contributed by atoms with Gasteiger partial charge in [0.2, 0.25) is 0 Å². The molecule has 2 rings (SSSR count). The van der Waals surface area contributed by atoms with E-state index in [9.17, 15) is 27.5 Å². The summed E-state index contributed by atoms with van der Waals surface area (Å²) in [5.41, 5.74) is -0.512. The fraction of sp³-hybridized carbons (Fsp3) is 0.133. The number of halogens is 4. The molecule has 0 bridgehead atoms. The van der Waals surface area contributed by atoms with Crippen molar-refractivity contribution < 1.29 is 37.3 Å². The number of carboxylic acid groups (broad SMARTS) is 1. The first-order valence-electron chi connectivity index (χ1n) is 6.24. The van der Waals surface area contributed by atoms with E-state index in [2.05, 4.69) is 4.74 Å². The maximum absolute atomic E-state index is 13.6. The van der Waals surface area contributed by atoms with Crippen LogP contribution in [-0.4, -0.2) is 22.5 Å². The molecule has 0 heterocycles. The van der Waals surface area contributed by atoms with E-state index < -0.39 is 35.6 Å². The minimum Gasteiger partial charge on any atom is -0.479 e. The van der Waals surface area contributed by atoms with Crippen LogP contribution in [0, 0.1) is 5.82 Å². The molecule has 0 aromatic heterocycles. The zero-order chi connectivity index (χ0) is 17.2. The number of hydrogen-bond acceptors (Lipinski definition) is 3. The number of ether oxygens (including phenoxy) is 1. The van der Waals surface area contributed by atoms with Crippen LogP contribution in [0.3, 0.4) is 0 Å². The summed E-state index contributed by atoms with van der Waals surface area (Å²) in [4.78, 5) is 10.8. The summed E-state index contributed by atoms with van der Waals surface area (Å²) < 4.78 is 54.8. The fourth-order valence-electron chi connectivity index (χ4n) is 1.97. The topological polar surface area (TPSA) is 66.8 Å². The molecule has 0 saturated carbocycles. The Bertz CT molecular complexity index is 728.